The highest BCUT2D eigenvalue weighted by Gasteiger charge is 2.14. The maximum atomic E-state index is 11.6. The van der Waals surface area contributed by atoms with Crippen molar-refractivity contribution in [1.82, 2.24) is 4.98 Å². The molecule has 0 fully saturated rings. The summed E-state index contributed by atoms with van der Waals surface area (Å²) in [6.07, 6.45) is 0.587. The van der Waals surface area contributed by atoms with E-state index in [9.17, 15) is 14.7 Å². The van der Waals surface area contributed by atoms with Crippen LogP contribution in [0.2, 0.25) is 0 Å². The van der Waals surface area contributed by atoms with Gasteiger partial charge in [-0.1, -0.05) is 0 Å². The molecule has 0 aliphatic rings. The molecule has 3 aromatic rings. The Balaban J connectivity index is 2.01. The number of carboxylic acids is 1. The van der Waals surface area contributed by atoms with Crippen LogP contribution in [-0.4, -0.2) is 29.6 Å². The summed E-state index contributed by atoms with van der Waals surface area (Å²) in [5.41, 5.74) is 1.96. The third kappa shape index (κ3) is 3.50. The predicted molar refractivity (Wildman–Crippen MR) is 94.7 cm³/mol. The van der Waals surface area contributed by atoms with Gasteiger partial charge in [0, 0.05) is 22.8 Å². The van der Waals surface area contributed by atoms with Crippen LogP contribution in [-0.2, 0) is 4.79 Å². The molecule has 3 rings (SSSR count). The normalized spacial score (nSPS) is 10.3. The minimum Gasteiger partial charge on any atom is -0.497 e. The summed E-state index contributed by atoms with van der Waals surface area (Å²) in [5, 5.41) is 15.7. The molecule has 1 amide bonds. The molecule has 0 radical (unpaired) electrons. The van der Waals surface area contributed by atoms with Crippen molar-refractivity contribution in [3.63, 3.8) is 0 Å². The second-order valence-electron chi connectivity index (χ2n) is 5.21. The summed E-state index contributed by atoms with van der Waals surface area (Å²) in [5.74, 6) is -0.213. The fourth-order valence-electron chi connectivity index (χ4n) is 2.39. The van der Waals surface area contributed by atoms with Crippen molar-refractivity contribution in [3.05, 3.63) is 54.1 Å². The summed E-state index contributed by atoms with van der Waals surface area (Å²) >= 11 is 0. The van der Waals surface area contributed by atoms with E-state index in [-0.39, 0.29) is 11.4 Å². The number of carboxylic acid groups (broad SMARTS) is 1. The lowest BCUT2D eigenvalue weighted by Gasteiger charge is -2.11. The molecule has 7 nitrogen and oxygen atoms in total. The number of hydrogen-bond donors (Lipinski definition) is 3. The monoisotopic (exact) mass is 337 g/mol. The average molecular weight is 337 g/mol. The number of fused-ring (bicyclic) bond motifs is 1. The molecule has 2 aromatic carbocycles. The number of carbonyl (C=O) groups is 2. The fourth-order valence-corrected chi connectivity index (χ4v) is 2.39. The first-order valence-electron chi connectivity index (χ1n) is 7.40. The molecule has 0 bridgehead atoms. The van der Waals surface area contributed by atoms with E-state index in [1.165, 1.54) is 0 Å². The molecule has 0 saturated carbocycles. The van der Waals surface area contributed by atoms with Crippen LogP contribution in [0.4, 0.5) is 17.2 Å². The Morgan fingerprint density at radius 3 is 2.48 bits per heavy atom. The molecule has 0 spiro atoms. The van der Waals surface area contributed by atoms with E-state index in [0.717, 1.165) is 0 Å². The Morgan fingerprint density at radius 1 is 1.12 bits per heavy atom. The van der Waals surface area contributed by atoms with Gasteiger partial charge in [-0.25, -0.2) is 9.78 Å². The third-order valence-corrected chi connectivity index (χ3v) is 3.63. The van der Waals surface area contributed by atoms with E-state index in [1.54, 1.807) is 55.6 Å². The Kier molecular flexibility index (Phi) is 4.47. The molecule has 126 valence electrons. The smallest absolute Gasteiger partial charge is 0.339 e. The molecule has 7 heteroatoms. The maximum Gasteiger partial charge on any atom is 0.339 e. The zero-order valence-electron chi connectivity index (χ0n) is 13.3. The first-order chi connectivity index (χ1) is 12.1. The molecule has 1 heterocycles. The van der Waals surface area contributed by atoms with Gasteiger partial charge in [0.1, 0.15) is 17.1 Å². The number of benzene rings is 2. The number of methoxy groups -OCH3 is 1. The molecule has 0 aliphatic carbocycles. The number of anilines is 3. The van der Waals surface area contributed by atoms with Crippen molar-refractivity contribution in [1.29, 1.82) is 0 Å². The number of hydrogen-bond acceptors (Lipinski definition) is 5. The van der Waals surface area contributed by atoms with Gasteiger partial charge in [0.05, 0.1) is 12.6 Å². The summed E-state index contributed by atoms with van der Waals surface area (Å²) in [7, 11) is 1.56. The fraction of sp³-hybridized carbons (Fsp3) is 0.0556. The number of carbonyl (C=O) groups excluding carboxylic acids is 1. The van der Waals surface area contributed by atoms with Crippen molar-refractivity contribution >= 4 is 40.5 Å². The first kappa shape index (κ1) is 16.3. The highest BCUT2D eigenvalue weighted by Crippen LogP contribution is 2.27. The summed E-state index contributed by atoms with van der Waals surface area (Å²) in [6.45, 7) is 0. The third-order valence-electron chi connectivity index (χ3n) is 3.63. The van der Waals surface area contributed by atoms with Gasteiger partial charge in [-0.15, -0.1) is 0 Å². The Bertz CT molecular complexity index is 939. The Hall–Kier alpha value is -3.61. The van der Waals surface area contributed by atoms with Crippen molar-refractivity contribution in [2.75, 3.05) is 17.7 Å². The van der Waals surface area contributed by atoms with Crippen LogP contribution in [0.1, 0.15) is 10.4 Å². The molecule has 1 aromatic heterocycles. The van der Waals surface area contributed by atoms with Gasteiger partial charge in [0.2, 0.25) is 6.41 Å². The highest BCUT2D eigenvalue weighted by atomic mass is 16.5. The minimum absolute atomic E-state index is 0.0627. The highest BCUT2D eigenvalue weighted by molar-refractivity contribution is 5.99. The van der Waals surface area contributed by atoms with Crippen LogP contribution in [0.5, 0.6) is 5.75 Å². The zero-order valence-corrected chi connectivity index (χ0v) is 13.3. The second kappa shape index (κ2) is 6.88. The van der Waals surface area contributed by atoms with E-state index in [2.05, 4.69) is 15.6 Å². The quantitative estimate of drug-likeness (QED) is 0.597. The number of nitrogens with one attached hydrogen (secondary N) is 2. The predicted octanol–water partition coefficient (Wildman–Crippen LogP) is 3.25. The van der Waals surface area contributed by atoms with E-state index in [0.29, 0.717) is 34.4 Å². The van der Waals surface area contributed by atoms with E-state index in [4.69, 9.17) is 4.74 Å². The lowest BCUT2D eigenvalue weighted by atomic mass is 10.1. The van der Waals surface area contributed by atoms with Crippen molar-refractivity contribution in [2.24, 2.45) is 0 Å². The van der Waals surface area contributed by atoms with Crippen LogP contribution in [0.25, 0.3) is 10.9 Å². The van der Waals surface area contributed by atoms with Crippen molar-refractivity contribution in [2.45, 2.75) is 0 Å². The van der Waals surface area contributed by atoms with Gasteiger partial charge < -0.3 is 20.5 Å². The molecule has 3 N–H and O–H groups in total. The van der Waals surface area contributed by atoms with Crippen molar-refractivity contribution in [3.8, 4) is 5.75 Å². The summed E-state index contributed by atoms with van der Waals surface area (Å²) in [4.78, 5) is 26.4. The number of rotatable bonds is 6. The lowest BCUT2D eigenvalue weighted by Crippen LogP contribution is -2.05. The maximum absolute atomic E-state index is 11.6. The number of amides is 1. The molecular weight excluding hydrogens is 322 g/mol. The van der Waals surface area contributed by atoms with E-state index in [1.807, 2.05) is 0 Å². The van der Waals surface area contributed by atoms with Crippen molar-refractivity contribution < 1.29 is 19.4 Å². The van der Waals surface area contributed by atoms with Gasteiger partial charge in [0.15, 0.2) is 0 Å². The van der Waals surface area contributed by atoms with Crippen LogP contribution in [0, 0.1) is 0 Å². The van der Waals surface area contributed by atoms with E-state index < -0.39 is 5.97 Å². The molecule has 0 atom stereocenters. The zero-order chi connectivity index (χ0) is 17.8. The largest absolute Gasteiger partial charge is 0.497 e. The van der Waals surface area contributed by atoms with Gasteiger partial charge in [-0.2, -0.15) is 0 Å². The summed E-state index contributed by atoms with van der Waals surface area (Å²) in [6, 6.07) is 13.6. The number of aromatic nitrogens is 1. The van der Waals surface area contributed by atoms with Crippen LogP contribution in [0.15, 0.2) is 48.5 Å². The summed E-state index contributed by atoms with van der Waals surface area (Å²) < 4.78 is 5.18. The van der Waals surface area contributed by atoms with Crippen LogP contribution >= 0.6 is 0 Å². The topological polar surface area (TPSA) is 101 Å². The van der Waals surface area contributed by atoms with Crippen LogP contribution < -0.4 is 15.4 Å². The molecule has 25 heavy (non-hydrogen) atoms. The van der Waals surface area contributed by atoms with E-state index >= 15 is 0 Å². The van der Waals surface area contributed by atoms with Gasteiger partial charge in [-0.05, 0) is 42.5 Å². The number of pyridine rings is 1. The van der Waals surface area contributed by atoms with Gasteiger partial charge in [-0.3, -0.25) is 4.79 Å². The average Bonchev–Trinajstić information content (AvgIpc) is 2.62. The van der Waals surface area contributed by atoms with Gasteiger partial charge in [0.25, 0.3) is 0 Å². The minimum atomic E-state index is -1.08. The number of nitrogens with zero attached hydrogens (tertiary/aromatic N) is 1. The molecular formula is C18H15N3O4. The molecule has 0 saturated heterocycles. The number of aromatic carboxylic acids is 1. The van der Waals surface area contributed by atoms with Gasteiger partial charge >= 0.3 is 5.97 Å². The second-order valence-corrected chi connectivity index (χ2v) is 5.21. The Morgan fingerprint density at radius 2 is 1.84 bits per heavy atom. The molecule has 0 aliphatic heterocycles. The molecule has 0 unspecified atom stereocenters. The lowest BCUT2D eigenvalue weighted by molar-refractivity contribution is -0.105. The van der Waals surface area contributed by atoms with Crippen LogP contribution in [0.3, 0.4) is 0 Å². The number of ether oxygens (including phenoxy) is 1. The Labute approximate surface area is 143 Å². The standard InChI is InChI=1S/C18H15N3O4/c1-25-14-7-2-11-8-15(18(23)24)17(21-16(11)9-14)20-13-5-3-12(4-6-13)19-10-22/h2-10H,1H3,(H,19,22)(H,20,21)(H,23,24). The first-order valence-corrected chi connectivity index (χ1v) is 7.40. The SMILES string of the molecule is COc1ccc2cc(C(=O)O)c(Nc3ccc(NC=O)cc3)nc2c1.